The average molecular weight is 410 g/mol. The number of H-pyrrole nitrogens is 1. The van der Waals surface area contributed by atoms with E-state index < -0.39 is 11.2 Å². The van der Waals surface area contributed by atoms with Crippen molar-refractivity contribution in [2.24, 2.45) is 0 Å². The molecule has 0 aliphatic carbocycles. The van der Waals surface area contributed by atoms with Crippen molar-refractivity contribution in [2.45, 2.75) is 23.8 Å². The first kappa shape index (κ1) is 19.5. The molecular weight excluding hydrogens is 386 g/mol. The van der Waals surface area contributed by atoms with Gasteiger partial charge in [0.1, 0.15) is 12.0 Å². The summed E-state index contributed by atoms with van der Waals surface area (Å²) in [5.74, 6) is 0.615. The van der Waals surface area contributed by atoms with Crippen LogP contribution in [0.2, 0.25) is 0 Å². The van der Waals surface area contributed by atoms with Gasteiger partial charge in [0.25, 0.3) is 5.91 Å². The van der Waals surface area contributed by atoms with E-state index in [4.69, 9.17) is 4.74 Å². The molecule has 2 aromatic carbocycles. The predicted octanol–water partition coefficient (Wildman–Crippen LogP) is 3.80. The number of nitrogens with zero attached hydrogens (tertiary/aromatic N) is 2. The van der Waals surface area contributed by atoms with Crippen LogP contribution in [0.1, 0.15) is 34.8 Å². The minimum Gasteiger partial charge on any atom is -0.612 e. The summed E-state index contributed by atoms with van der Waals surface area (Å²) in [7, 11) is 1.60. The number of ether oxygens (including phenoxy) is 1. The van der Waals surface area contributed by atoms with Crippen LogP contribution in [-0.2, 0) is 11.2 Å². The second-order valence-electron chi connectivity index (χ2n) is 7.09. The highest BCUT2D eigenvalue weighted by Gasteiger charge is 2.31. The molecule has 1 aliphatic heterocycles. The molecule has 1 saturated heterocycles. The van der Waals surface area contributed by atoms with E-state index in [9.17, 15) is 9.35 Å². The monoisotopic (exact) mass is 409 g/mol. The van der Waals surface area contributed by atoms with E-state index in [1.54, 1.807) is 31.8 Å². The Labute approximate surface area is 173 Å². The third-order valence-corrected chi connectivity index (χ3v) is 6.26. The van der Waals surface area contributed by atoms with Crippen LogP contribution in [0.3, 0.4) is 0 Å². The lowest BCUT2D eigenvalue weighted by Crippen LogP contribution is -2.30. The fourth-order valence-electron chi connectivity index (χ4n) is 3.88. The molecule has 1 aliphatic rings. The third kappa shape index (κ3) is 3.88. The summed E-state index contributed by atoms with van der Waals surface area (Å²) in [5, 5.41) is 6.78. The fourth-order valence-corrected chi connectivity index (χ4v) is 4.46. The zero-order valence-corrected chi connectivity index (χ0v) is 17.2. The van der Waals surface area contributed by atoms with Crippen LogP contribution in [0.25, 0.3) is 11.1 Å². The highest BCUT2D eigenvalue weighted by atomic mass is 32.2. The quantitative estimate of drug-likeness (QED) is 0.650. The van der Waals surface area contributed by atoms with Crippen LogP contribution < -0.4 is 4.74 Å². The minimum atomic E-state index is -1.05. The number of benzene rings is 2. The molecule has 2 atom stereocenters. The van der Waals surface area contributed by atoms with E-state index >= 15 is 0 Å². The Morgan fingerprint density at radius 3 is 2.90 bits per heavy atom. The SMILES string of the molecule is COc1cc(C(=O)N2CCCC2c2cccc([S+](C)[O-])c2)ccc1-c1cn[nH]c1. The first-order valence-corrected chi connectivity index (χ1v) is 11.1. The summed E-state index contributed by atoms with van der Waals surface area (Å²) >= 11 is -1.05. The van der Waals surface area contributed by atoms with Crippen LogP contribution in [0.5, 0.6) is 5.75 Å². The number of hydrogen-bond acceptors (Lipinski definition) is 4. The van der Waals surface area contributed by atoms with E-state index in [0.717, 1.165) is 34.4 Å². The Bertz CT molecular complexity index is 1000. The zero-order chi connectivity index (χ0) is 20.4. The summed E-state index contributed by atoms with van der Waals surface area (Å²) in [6.07, 6.45) is 7.03. The lowest BCUT2D eigenvalue weighted by molar-refractivity contribution is 0.0735. The summed E-state index contributed by atoms with van der Waals surface area (Å²) in [6.45, 7) is 0.703. The van der Waals surface area contributed by atoms with Gasteiger partial charge in [0.05, 0.1) is 19.3 Å². The molecule has 1 amide bonds. The molecule has 0 saturated carbocycles. The maximum absolute atomic E-state index is 13.3. The van der Waals surface area contributed by atoms with Gasteiger partial charge in [0.15, 0.2) is 4.90 Å². The number of amides is 1. The molecule has 3 aromatic rings. The van der Waals surface area contributed by atoms with Crippen molar-refractivity contribution in [3.63, 3.8) is 0 Å². The number of aromatic amines is 1. The molecule has 150 valence electrons. The van der Waals surface area contributed by atoms with Crippen molar-refractivity contribution in [3.05, 3.63) is 66.0 Å². The van der Waals surface area contributed by atoms with Gasteiger partial charge >= 0.3 is 0 Å². The molecule has 0 spiro atoms. The van der Waals surface area contributed by atoms with Gasteiger partial charge < -0.3 is 14.2 Å². The first-order valence-electron chi connectivity index (χ1n) is 9.50. The maximum atomic E-state index is 13.3. The number of rotatable bonds is 5. The Hall–Kier alpha value is -2.77. The third-order valence-electron chi connectivity index (χ3n) is 5.35. The van der Waals surface area contributed by atoms with Crippen molar-refractivity contribution in [1.29, 1.82) is 0 Å². The van der Waals surface area contributed by atoms with Gasteiger partial charge in [-0.25, -0.2) is 0 Å². The van der Waals surface area contributed by atoms with Gasteiger partial charge in [0.2, 0.25) is 0 Å². The summed E-state index contributed by atoms with van der Waals surface area (Å²) < 4.78 is 17.4. The largest absolute Gasteiger partial charge is 0.612 e. The minimum absolute atomic E-state index is 0.00875. The van der Waals surface area contributed by atoms with Crippen LogP contribution in [0, 0.1) is 0 Å². The highest BCUT2D eigenvalue weighted by Crippen LogP contribution is 2.36. The van der Waals surface area contributed by atoms with Gasteiger partial charge in [-0.3, -0.25) is 9.89 Å². The number of carbonyl (C=O) groups is 1. The van der Waals surface area contributed by atoms with Crippen molar-refractivity contribution < 1.29 is 14.1 Å². The van der Waals surface area contributed by atoms with Crippen molar-refractivity contribution in [2.75, 3.05) is 19.9 Å². The predicted molar refractivity (Wildman–Crippen MR) is 112 cm³/mol. The molecule has 0 bridgehead atoms. The van der Waals surface area contributed by atoms with E-state index in [1.165, 1.54) is 0 Å². The summed E-state index contributed by atoms with van der Waals surface area (Å²) in [4.78, 5) is 16.0. The van der Waals surface area contributed by atoms with E-state index in [-0.39, 0.29) is 11.9 Å². The smallest absolute Gasteiger partial charge is 0.254 e. The van der Waals surface area contributed by atoms with Gasteiger partial charge in [-0.15, -0.1) is 0 Å². The lowest BCUT2D eigenvalue weighted by atomic mass is 10.0. The van der Waals surface area contributed by atoms with Gasteiger partial charge in [-0.05, 0) is 59.9 Å². The molecular formula is C22H23N3O3S. The molecule has 1 aromatic heterocycles. The first-order chi connectivity index (χ1) is 14.1. The number of carbonyl (C=O) groups excluding carboxylic acids is 1. The van der Waals surface area contributed by atoms with Crippen LogP contribution in [-0.4, -0.2) is 45.5 Å². The molecule has 0 radical (unpaired) electrons. The van der Waals surface area contributed by atoms with Crippen molar-refractivity contribution in [3.8, 4) is 16.9 Å². The Morgan fingerprint density at radius 1 is 1.31 bits per heavy atom. The number of nitrogens with one attached hydrogen (secondary N) is 1. The molecule has 4 rings (SSSR count). The molecule has 1 N–H and O–H groups in total. The van der Waals surface area contributed by atoms with Crippen LogP contribution >= 0.6 is 0 Å². The van der Waals surface area contributed by atoms with E-state index in [1.807, 2.05) is 41.3 Å². The second kappa shape index (κ2) is 8.31. The molecule has 1 fully saturated rings. The standard InChI is InChI=1S/C22H23N3O3S/c1-28-21-12-16(8-9-19(21)17-13-23-24-14-17)22(26)25-10-4-7-20(25)15-5-3-6-18(11-15)29(2)27/h3,5-6,8-9,11-14,20H,4,7,10H2,1-2H3,(H,23,24). The Morgan fingerprint density at radius 2 is 2.17 bits per heavy atom. The zero-order valence-electron chi connectivity index (χ0n) is 16.4. The number of methoxy groups -OCH3 is 1. The maximum Gasteiger partial charge on any atom is 0.254 e. The van der Waals surface area contributed by atoms with Gasteiger partial charge in [-0.2, -0.15) is 5.10 Å². The molecule has 2 unspecified atom stereocenters. The fraction of sp³-hybridized carbons (Fsp3) is 0.273. The highest BCUT2D eigenvalue weighted by molar-refractivity contribution is 7.90. The second-order valence-corrected chi connectivity index (χ2v) is 8.46. The van der Waals surface area contributed by atoms with Gasteiger partial charge in [-0.1, -0.05) is 12.1 Å². The Balaban J connectivity index is 1.62. The number of hydrogen-bond donors (Lipinski definition) is 1. The molecule has 6 nitrogen and oxygen atoms in total. The Kier molecular flexibility index (Phi) is 5.60. The molecule has 29 heavy (non-hydrogen) atoms. The summed E-state index contributed by atoms with van der Waals surface area (Å²) in [5.41, 5.74) is 3.42. The lowest BCUT2D eigenvalue weighted by Gasteiger charge is -2.26. The number of likely N-dealkylation sites (tertiary alicyclic amines) is 1. The molecule has 7 heteroatoms. The van der Waals surface area contributed by atoms with E-state index in [2.05, 4.69) is 10.2 Å². The average Bonchev–Trinajstić information content (AvgIpc) is 3.45. The molecule has 2 heterocycles. The topological polar surface area (TPSA) is 81.3 Å². The van der Waals surface area contributed by atoms with Crippen molar-refractivity contribution >= 4 is 17.1 Å². The van der Waals surface area contributed by atoms with Crippen LogP contribution in [0.4, 0.5) is 0 Å². The van der Waals surface area contributed by atoms with E-state index in [0.29, 0.717) is 17.9 Å². The normalized spacial score (nSPS) is 17.3. The summed E-state index contributed by atoms with van der Waals surface area (Å²) in [6, 6.07) is 13.2. The van der Waals surface area contributed by atoms with Crippen molar-refractivity contribution in [1.82, 2.24) is 15.1 Å². The van der Waals surface area contributed by atoms with Crippen LogP contribution in [0.15, 0.2) is 59.8 Å². The number of aromatic nitrogens is 2. The van der Waals surface area contributed by atoms with Gasteiger partial charge in [0, 0.05) is 29.4 Å².